The Balaban J connectivity index is 0.00000320. The highest BCUT2D eigenvalue weighted by molar-refractivity contribution is 14.0. The molecule has 0 saturated heterocycles. The van der Waals surface area contributed by atoms with Crippen molar-refractivity contribution in [3.63, 3.8) is 0 Å². The monoisotopic (exact) mass is 517 g/mol. The number of aromatic nitrogens is 2. The van der Waals surface area contributed by atoms with Gasteiger partial charge >= 0.3 is 0 Å². The SMILES string of the molecule is CCNC(=NCc1ccccc1CC)NCCc1nccn1Cc1ccccc1.I. The van der Waals surface area contributed by atoms with Crippen LogP contribution in [0.4, 0.5) is 0 Å². The van der Waals surface area contributed by atoms with Crippen molar-refractivity contribution in [1.29, 1.82) is 0 Å². The highest BCUT2D eigenvalue weighted by Gasteiger charge is 2.05. The molecule has 1 aromatic heterocycles. The summed E-state index contributed by atoms with van der Waals surface area (Å²) in [6.45, 7) is 7.42. The molecule has 0 fully saturated rings. The van der Waals surface area contributed by atoms with Crippen LogP contribution < -0.4 is 10.6 Å². The maximum Gasteiger partial charge on any atom is 0.191 e. The normalized spacial score (nSPS) is 11.1. The van der Waals surface area contributed by atoms with Gasteiger partial charge in [0.25, 0.3) is 0 Å². The number of rotatable bonds is 9. The molecule has 0 aliphatic carbocycles. The second-order valence-electron chi connectivity index (χ2n) is 6.95. The van der Waals surface area contributed by atoms with E-state index in [-0.39, 0.29) is 24.0 Å². The fraction of sp³-hybridized carbons (Fsp3) is 0.333. The Hall–Kier alpha value is -2.35. The zero-order valence-corrected chi connectivity index (χ0v) is 20.2. The minimum atomic E-state index is 0. The van der Waals surface area contributed by atoms with E-state index in [1.165, 1.54) is 16.7 Å². The van der Waals surface area contributed by atoms with Crippen LogP contribution in [0.15, 0.2) is 72.0 Å². The molecule has 2 aromatic carbocycles. The molecule has 0 atom stereocenters. The van der Waals surface area contributed by atoms with Crippen LogP contribution in [0.1, 0.15) is 36.4 Å². The summed E-state index contributed by atoms with van der Waals surface area (Å²) in [6.07, 6.45) is 5.79. The molecule has 0 aliphatic rings. The summed E-state index contributed by atoms with van der Waals surface area (Å²) in [6, 6.07) is 19.0. The molecule has 5 nitrogen and oxygen atoms in total. The number of benzene rings is 2. The minimum absolute atomic E-state index is 0. The second kappa shape index (κ2) is 13.1. The molecule has 0 amide bonds. The molecule has 6 heteroatoms. The van der Waals surface area contributed by atoms with E-state index in [2.05, 4.69) is 82.6 Å². The Morgan fingerprint density at radius 2 is 1.70 bits per heavy atom. The third-order valence-electron chi connectivity index (χ3n) is 4.89. The van der Waals surface area contributed by atoms with Crippen LogP contribution in [-0.4, -0.2) is 28.6 Å². The predicted octanol–water partition coefficient (Wildman–Crippen LogP) is 4.41. The van der Waals surface area contributed by atoms with Gasteiger partial charge in [0.05, 0.1) is 6.54 Å². The third kappa shape index (κ3) is 7.16. The number of hydrogen-bond acceptors (Lipinski definition) is 2. The summed E-state index contributed by atoms with van der Waals surface area (Å²) in [7, 11) is 0. The van der Waals surface area contributed by atoms with Crippen molar-refractivity contribution in [2.45, 2.75) is 39.8 Å². The summed E-state index contributed by atoms with van der Waals surface area (Å²) in [5, 5.41) is 6.78. The molecular weight excluding hydrogens is 485 g/mol. The van der Waals surface area contributed by atoms with Gasteiger partial charge in [0, 0.05) is 38.4 Å². The molecule has 3 aromatic rings. The van der Waals surface area contributed by atoms with E-state index in [9.17, 15) is 0 Å². The summed E-state index contributed by atoms with van der Waals surface area (Å²) in [4.78, 5) is 9.30. The Bertz CT molecular complexity index is 905. The van der Waals surface area contributed by atoms with Gasteiger partial charge in [-0.15, -0.1) is 24.0 Å². The summed E-state index contributed by atoms with van der Waals surface area (Å²) in [5.74, 6) is 1.92. The van der Waals surface area contributed by atoms with Crippen molar-refractivity contribution in [2.24, 2.45) is 4.99 Å². The molecule has 0 spiro atoms. The molecule has 1 heterocycles. The van der Waals surface area contributed by atoms with Crippen molar-refractivity contribution in [1.82, 2.24) is 20.2 Å². The molecule has 30 heavy (non-hydrogen) atoms. The fourth-order valence-electron chi connectivity index (χ4n) is 3.35. The van der Waals surface area contributed by atoms with Gasteiger partial charge in [-0.1, -0.05) is 61.5 Å². The Labute approximate surface area is 197 Å². The Kier molecular flexibility index (Phi) is 10.4. The van der Waals surface area contributed by atoms with E-state index in [1.54, 1.807) is 0 Å². The van der Waals surface area contributed by atoms with Crippen LogP contribution in [0.25, 0.3) is 0 Å². The summed E-state index contributed by atoms with van der Waals surface area (Å²) >= 11 is 0. The van der Waals surface area contributed by atoms with Crippen LogP contribution in [0.3, 0.4) is 0 Å². The number of guanidine groups is 1. The predicted molar refractivity (Wildman–Crippen MR) is 136 cm³/mol. The highest BCUT2D eigenvalue weighted by Crippen LogP contribution is 2.10. The van der Waals surface area contributed by atoms with Gasteiger partial charge in [0.2, 0.25) is 0 Å². The van der Waals surface area contributed by atoms with Gasteiger partial charge in [-0.05, 0) is 30.0 Å². The molecule has 0 saturated carbocycles. The zero-order valence-electron chi connectivity index (χ0n) is 17.8. The van der Waals surface area contributed by atoms with Gasteiger partial charge in [-0.3, -0.25) is 0 Å². The van der Waals surface area contributed by atoms with Crippen molar-refractivity contribution in [3.8, 4) is 0 Å². The van der Waals surface area contributed by atoms with Crippen LogP contribution in [0.5, 0.6) is 0 Å². The molecular formula is C24H32IN5. The lowest BCUT2D eigenvalue weighted by Gasteiger charge is -2.13. The lowest BCUT2D eigenvalue weighted by molar-refractivity contribution is 0.694. The quantitative estimate of drug-likeness (QED) is 0.251. The average molecular weight is 517 g/mol. The van der Waals surface area contributed by atoms with E-state index in [0.29, 0.717) is 6.54 Å². The molecule has 0 unspecified atom stereocenters. The number of halogens is 1. The van der Waals surface area contributed by atoms with Crippen molar-refractivity contribution in [2.75, 3.05) is 13.1 Å². The maximum absolute atomic E-state index is 4.77. The number of nitrogens with one attached hydrogen (secondary N) is 2. The standard InChI is InChI=1S/C24H31N5.HI/c1-3-21-12-8-9-13-22(21)18-28-24(25-4-2)27-15-14-23-26-16-17-29(23)19-20-10-6-5-7-11-20;/h5-13,16-17H,3-4,14-15,18-19H2,1-2H3,(H2,25,27,28);1H. The van der Waals surface area contributed by atoms with Gasteiger partial charge < -0.3 is 15.2 Å². The highest BCUT2D eigenvalue weighted by atomic mass is 127. The minimum Gasteiger partial charge on any atom is -0.357 e. The number of aliphatic imine (C=N–C) groups is 1. The van der Waals surface area contributed by atoms with Crippen molar-refractivity contribution >= 4 is 29.9 Å². The van der Waals surface area contributed by atoms with Crippen LogP contribution in [0, 0.1) is 0 Å². The lowest BCUT2D eigenvalue weighted by Crippen LogP contribution is -2.38. The topological polar surface area (TPSA) is 54.2 Å². The van der Waals surface area contributed by atoms with Gasteiger partial charge in [0.15, 0.2) is 5.96 Å². The Morgan fingerprint density at radius 1 is 0.967 bits per heavy atom. The van der Waals surface area contributed by atoms with Crippen LogP contribution in [0.2, 0.25) is 0 Å². The maximum atomic E-state index is 4.77. The largest absolute Gasteiger partial charge is 0.357 e. The van der Waals surface area contributed by atoms with Crippen LogP contribution >= 0.6 is 24.0 Å². The van der Waals surface area contributed by atoms with Gasteiger partial charge in [-0.25, -0.2) is 9.98 Å². The van der Waals surface area contributed by atoms with Gasteiger partial charge in [0.1, 0.15) is 5.82 Å². The molecule has 0 radical (unpaired) electrons. The second-order valence-corrected chi connectivity index (χ2v) is 6.95. The zero-order chi connectivity index (χ0) is 20.3. The number of imidazole rings is 1. The van der Waals surface area contributed by atoms with Crippen molar-refractivity contribution < 1.29 is 0 Å². The first-order chi connectivity index (χ1) is 14.3. The number of nitrogens with zero attached hydrogens (tertiary/aromatic N) is 3. The third-order valence-corrected chi connectivity index (χ3v) is 4.89. The number of hydrogen-bond donors (Lipinski definition) is 2. The van der Waals surface area contributed by atoms with Crippen LogP contribution in [-0.2, 0) is 25.9 Å². The molecule has 2 N–H and O–H groups in total. The van der Waals surface area contributed by atoms with E-state index < -0.39 is 0 Å². The first-order valence-corrected chi connectivity index (χ1v) is 10.4. The van der Waals surface area contributed by atoms with E-state index in [0.717, 1.165) is 44.3 Å². The molecule has 3 rings (SSSR count). The van der Waals surface area contributed by atoms with E-state index >= 15 is 0 Å². The summed E-state index contributed by atoms with van der Waals surface area (Å²) in [5.41, 5.74) is 3.92. The smallest absolute Gasteiger partial charge is 0.191 e. The first-order valence-electron chi connectivity index (χ1n) is 10.4. The molecule has 160 valence electrons. The van der Waals surface area contributed by atoms with E-state index in [4.69, 9.17) is 4.99 Å². The van der Waals surface area contributed by atoms with E-state index in [1.807, 2.05) is 18.5 Å². The van der Waals surface area contributed by atoms with Gasteiger partial charge in [-0.2, -0.15) is 0 Å². The Morgan fingerprint density at radius 3 is 2.43 bits per heavy atom. The molecule has 0 bridgehead atoms. The lowest BCUT2D eigenvalue weighted by atomic mass is 10.1. The average Bonchev–Trinajstić information content (AvgIpc) is 3.19. The molecule has 0 aliphatic heterocycles. The van der Waals surface area contributed by atoms with Crippen molar-refractivity contribution in [3.05, 3.63) is 89.5 Å². The fourth-order valence-corrected chi connectivity index (χ4v) is 3.35. The summed E-state index contributed by atoms with van der Waals surface area (Å²) < 4.78 is 2.21. The first kappa shape index (κ1) is 23.9. The number of aryl methyl sites for hydroxylation is 1.